The fraction of sp³-hybridized carbons (Fsp3) is 0.0714. The molecule has 0 aliphatic rings. The fourth-order valence-corrected chi connectivity index (χ4v) is 1.54. The van der Waals surface area contributed by atoms with Gasteiger partial charge in [0.15, 0.2) is 0 Å². The highest BCUT2D eigenvalue weighted by atomic mass is 19.1. The van der Waals surface area contributed by atoms with Crippen molar-refractivity contribution in [3.63, 3.8) is 0 Å². The lowest BCUT2D eigenvalue weighted by molar-refractivity contribution is 0.303. The minimum absolute atomic E-state index is 0.101. The van der Waals surface area contributed by atoms with Gasteiger partial charge in [-0.25, -0.2) is 4.39 Å². The molecule has 0 fully saturated rings. The van der Waals surface area contributed by atoms with E-state index < -0.39 is 5.82 Å². The zero-order valence-electron chi connectivity index (χ0n) is 9.43. The van der Waals surface area contributed by atoms with Crippen molar-refractivity contribution >= 4 is 0 Å². The van der Waals surface area contributed by atoms with E-state index in [1.165, 1.54) is 18.2 Å². The monoisotopic (exact) mass is 243 g/mol. The number of nitrogens with zero attached hydrogens (tertiary/aromatic N) is 1. The van der Waals surface area contributed by atoms with Gasteiger partial charge in [-0.05, 0) is 35.9 Å². The van der Waals surface area contributed by atoms with Crippen LogP contribution in [0.3, 0.4) is 0 Å². The standard InChI is InChI=1S/C14H10FNO2/c15-12-5-10(8-16)4-11(6-12)9-18-14-3-1-2-13(17)7-14/h1-7,17H,9H2. The van der Waals surface area contributed by atoms with Gasteiger partial charge in [0.05, 0.1) is 11.6 Å². The molecule has 3 nitrogen and oxygen atoms in total. The Labute approximate surface area is 104 Å². The lowest BCUT2D eigenvalue weighted by atomic mass is 10.1. The summed E-state index contributed by atoms with van der Waals surface area (Å²) in [5.41, 5.74) is 0.819. The minimum Gasteiger partial charge on any atom is -0.508 e. The third-order valence-corrected chi connectivity index (χ3v) is 2.31. The highest BCUT2D eigenvalue weighted by Gasteiger charge is 2.02. The number of halogens is 1. The topological polar surface area (TPSA) is 53.2 Å². The molecular weight excluding hydrogens is 233 g/mol. The summed E-state index contributed by atoms with van der Waals surface area (Å²) >= 11 is 0. The molecule has 0 saturated heterocycles. The van der Waals surface area contributed by atoms with Crippen molar-refractivity contribution in [3.8, 4) is 17.6 Å². The van der Waals surface area contributed by atoms with E-state index in [0.717, 1.165) is 6.07 Å². The van der Waals surface area contributed by atoms with Crippen molar-refractivity contribution in [3.05, 3.63) is 59.4 Å². The fourth-order valence-electron chi connectivity index (χ4n) is 1.54. The first-order valence-electron chi connectivity index (χ1n) is 5.29. The van der Waals surface area contributed by atoms with Crippen molar-refractivity contribution < 1.29 is 14.2 Å². The Hall–Kier alpha value is -2.54. The molecule has 18 heavy (non-hydrogen) atoms. The number of benzene rings is 2. The van der Waals surface area contributed by atoms with Crippen LogP contribution in [0.15, 0.2) is 42.5 Å². The van der Waals surface area contributed by atoms with Crippen LogP contribution in [0, 0.1) is 17.1 Å². The smallest absolute Gasteiger partial charge is 0.124 e. The molecule has 90 valence electrons. The molecule has 0 unspecified atom stereocenters. The summed E-state index contributed by atoms with van der Waals surface area (Å²) in [7, 11) is 0. The van der Waals surface area contributed by atoms with Gasteiger partial charge in [0.25, 0.3) is 0 Å². The Morgan fingerprint density at radius 1 is 1.22 bits per heavy atom. The molecule has 0 atom stereocenters. The van der Waals surface area contributed by atoms with Crippen molar-refractivity contribution in [2.45, 2.75) is 6.61 Å². The number of rotatable bonds is 3. The third kappa shape index (κ3) is 2.98. The Balaban J connectivity index is 2.11. The van der Waals surface area contributed by atoms with Gasteiger partial charge in [0, 0.05) is 6.07 Å². The lowest BCUT2D eigenvalue weighted by Crippen LogP contribution is -1.96. The highest BCUT2D eigenvalue weighted by molar-refractivity contribution is 5.35. The average Bonchev–Trinajstić information content (AvgIpc) is 2.36. The molecule has 4 heteroatoms. The van der Waals surface area contributed by atoms with E-state index in [0.29, 0.717) is 11.3 Å². The molecule has 0 aromatic heterocycles. The van der Waals surface area contributed by atoms with E-state index in [9.17, 15) is 9.50 Å². The van der Waals surface area contributed by atoms with Crippen LogP contribution in [-0.2, 0) is 6.61 Å². The first-order chi connectivity index (χ1) is 8.67. The maximum atomic E-state index is 13.2. The van der Waals surface area contributed by atoms with Gasteiger partial charge >= 0.3 is 0 Å². The summed E-state index contributed by atoms with van der Waals surface area (Å²) in [5.74, 6) is 0.116. The molecule has 1 N–H and O–H groups in total. The maximum absolute atomic E-state index is 13.2. The van der Waals surface area contributed by atoms with Crippen LogP contribution in [0.4, 0.5) is 4.39 Å². The van der Waals surface area contributed by atoms with Crippen molar-refractivity contribution in [1.82, 2.24) is 0 Å². The van der Waals surface area contributed by atoms with Gasteiger partial charge in [0.1, 0.15) is 23.9 Å². The second-order valence-corrected chi connectivity index (χ2v) is 3.75. The predicted octanol–water partition coefficient (Wildman–Crippen LogP) is 2.98. The Kier molecular flexibility index (Phi) is 3.44. The molecule has 0 bridgehead atoms. The number of hydrogen-bond donors (Lipinski definition) is 1. The average molecular weight is 243 g/mol. The summed E-state index contributed by atoms with van der Waals surface area (Å²) in [6.07, 6.45) is 0. The second kappa shape index (κ2) is 5.19. The van der Waals surface area contributed by atoms with Crippen molar-refractivity contribution in [2.75, 3.05) is 0 Å². The van der Waals surface area contributed by atoms with Crippen LogP contribution >= 0.6 is 0 Å². The summed E-state index contributed by atoms with van der Waals surface area (Å²) in [6.45, 7) is 0.135. The quantitative estimate of drug-likeness (QED) is 0.901. The normalized spacial score (nSPS) is 9.78. The number of hydrogen-bond acceptors (Lipinski definition) is 3. The lowest BCUT2D eigenvalue weighted by Gasteiger charge is -2.07. The van der Waals surface area contributed by atoms with Gasteiger partial charge in [-0.3, -0.25) is 0 Å². The molecule has 2 aromatic rings. The number of phenolic OH excluding ortho intramolecular Hbond substituents is 1. The van der Waals surface area contributed by atoms with Gasteiger partial charge < -0.3 is 9.84 Å². The first-order valence-corrected chi connectivity index (χ1v) is 5.29. The van der Waals surface area contributed by atoms with Crippen LogP contribution in [-0.4, -0.2) is 5.11 Å². The Bertz CT molecular complexity index is 605. The van der Waals surface area contributed by atoms with Crippen LogP contribution in [0.2, 0.25) is 0 Å². The van der Waals surface area contributed by atoms with E-state index in [2.05, 4.69) is 0 Å². The largest absolute Gasteiger partial charge is 0.508 e. The molecule has 0 aliphatic carbocycles. The number of aromatic hydroxyl groups is 1. The summed E-state index contributed by atoms with van der Waals surface area (Å²) in [4.78, 5) is 0. The zero-order valence-corrected chi connectivity index (χ0v) is 9.43. The maximum Gasteiger partial charge on any atom is 0.124 e. The molecule has 0 aliphatic heterocycles. The Morgan fingerprint density at radius 2 is 2.06 bits per heavy atom. The summed E-state index contributed by atoms with van der Waals surface area (Å²) in [5, 5.41) is 18.0. The Morgan fingerprint density at radius 3 is 2.78 bits per heavy atom. The van der Waals surface area contributed by atoms with Gasteiger partial charge in [-0.1, -0.05) is 6.07 Å². The van der Waals surface area contributed by atoms with Crippen LogP contribution in [0.25, 0.3) is 0 Å². The van der Waals surface area contributed by atoms with E-state index in [1.807, 2.05) is 6.07 Å². The minimum atomic E-state index is -0.469. The van der Waals surface area contributed by atoms with E-state index in [-0.39, 0.29) is 17.9 Å². The van der Waals surface area contributed by atoms with Gasteiger partial charge in [0.2, 0.25) is 0 Å². The summed E-state index contributed by atoms with van der Waals surface area (Å²) < 4.78 is 18.5. The van der Waals surface area contributed by atoms with E-state index in [4.69, 9.17) is 10.00 Å². The summed E-state index contributed by atoms with van der Waals surface area (Å²) in [6, 6.07) is 12.2. The first kappa shape index (κ1) is 11.9. The van der Waals surface area contributed by atoms with E-state index in [1.54, 1.807) is 18.2 Å². The van der Waals surface area contributed by atoms with Crippen molar-refractivity contribution in [1.29, 1.82) is 5.26 Å². The van der Waals surface area contributed by atoms with Gasteiger partial charge in [-0.15, -0.1) is 0 Å². The molecule has 0 heterocycles. The molecule has 2 aromatic carbocycles. The molecule has 0 spiro atoms. The van der Waals surface area contributed by atoms with Crippen molar-refractivity contribution in [2.24, 2.45) is 0 Å². The van der Waals surface area contributed by atoms with Crippen LogP contribution in [0.1, 0.15) is 11.1 Å². The molecule has 0 radical (unpaired) electrons. The second-order valence-electron chi connectivity index (χ2n) is 3.75. The zero-order chi connectivity index (χ0) is 13.0. The predicted molar refractivity (Wildman–Crippen MR) is 63.6 cm³/mol. The highest BCUT2D eigenvalue weighted by Crippen LogP contribution is 2.19. The molecular formula is C14H10FNO2. The number of nitriles is 1. The SMILES string of the molecule is N#Cc1cc(F)cc(COc2cccc(O)c2)c1. The number of ether oxygens (including phenoxy) is 1. The van der Waals surface area contributed by atoms with Gasteiger partial charge in [-0.2, -0.15) is 5.26 Å². The molecule has 0 saturated carbocycles. The molecule has 2 rings (SSSR count). The van der Waals surface area contributed by atoms with E-state index >= 15 is 0 Å². The molecule has 0 amide bonds. The number of phenols is 1. The third-order valence-electron chi connectivity index (χ3n) is 2.31. The van der Waals surface area contributed by atoms with Crippen LogP contribution < -0.4 is 4.74 Å². The van der Waals surface area contributed by atoms with Crippen LogP contribution in [0.5, 0.6) is 11.5 Å².